The van der Waals surface area contributed by atoms with Crippen molar-refractivity contribution in [3.8, 4) is 0 Å². The Labute approximate surface area is 107 Å². The second-order valence-electron chi connectivity index (χ2n) is 4.85. The Morgan fingerprint density at radius 1 is 1.50 bits per heavy atom. The Kier molecular flexibility index (Phi) is 3.97. The predicted octanol–water partition coefficient (Wildman–Crippen LogP) is 2.09. The summed E-state index contributed by atoms with van der Waals surface area (Å²) in [6.45, 7) is 2.91. The van der Waals surface area contributed by atoms with Crippen LogP contribution in [0.15, 0.2) is 18.2 Å². The van der Waals surface area contributed by atoms with Crippen molar-refractivity contribution in [2.75, 3.05) is 13.1 Å². The fourth-order valence-electron chi connectivity index (χ4n) is 2.46. The number of hydrogen-bond acceptors (Lipinski definition) is 2. The number of carbonyl (C=O) groups excluding carboxylic acids is 1. The molecule has 1 atom stereocenters. The molecule has 2 rings (SSSR count). The minimum Gasteiger partial charge on any atom is -0.334 e. The highest BCUT2D eigenvalue weighted by Crippen LogP contribution is 2.20. The Morgan fingerprint density at radius 2 is 2.28 bits per heavy atom. The first-order valence-electron chi connectivity index (χ1n) is 6.40. The molecule has 1 unspecified atom stereocenters. The number of halogens is 1. The van der Waals surface area contributed by atoms with E-state index in [4.69, 9.17) is 5.73 Å². The minimum absolute atomic E-state index is 0.0340. The van der Waals surface area contributed by atoms with Gasteiger partial charge in [-0.25, -0.2) is 4.39 Å². The molecule has 98 valence electrons. The van der Waals surface area contributed by atoms with Gasteiger partial charge in [-0.3, -0.25) is 4.79 Å². The van der Waals surface area contributed by atoms with E-state index in [9.17, 15) is 9.18 Å². The van der Waals surface area contributed by atoms with Crippen LogP contribution in [0.25, 0.3) is 0 Å². The average Bonchev–Trinajstić information content (AvgIpc) is 2.41. The molecular formula is C14H19FN2O. The fraction of sp³-hybridized carbons (Fsp3) is 0.500. The van der Waals surface area contributed by atoms with E-state index in [1.54, 1.807) is 19.1 Å². The number of piperidine rings is 1. The summed E-state index contributed by atoms with van der Waals surface area (Å²) in [6.07, 6.45) is 3.10. The number of aryl methyl sites for hydroxylation is 1. The number of carbonyl (C=O) groups is 1. The molecule has 1 aromatic carbocycles. The van der Waals surface area contributed by atoms with Crippen LogP contribution in [-0.4, -0.2) is 29.9 Å². The minimum atomic E-state index is -0.277. The molecule has 1 heterocycles. The highest BCUT2D eigenvalue weighted by Gasteiger charge is 2.26. The van der Waals surface area contributed by atoms with E-state index in [1.165, 1.54) is 6.07 Å². The van der Waals surface area contributed by atoms with Crippen molar-refractivity contribution >= 4 is 5.91 Å². The monoisotopic (exact) mass is 250 g/mol. The quantitative estimate of drug-likeness (QED) is 0.873. The van der Waals surface area contributed by atoms with Gasteiger partial charge in [-0.2, -0.15) is 0 Å². The number of nitrogens with two attached hydrogens (primary N) is 1. The van der Waals surface area contributed by atoms with Crippen molar-refractivity contribution in [2.24, 2.45) is 5.73 Å². The Hall–Kier alpha value is -1.42. The van der Waals surface area contributed by atoms with Gasteiger partial charge < -0.3 is 10.6 Å². The number of amides is 1. The third-order valence-electron chi connectivity index (χ3n) is 3.56. The summed E-state index contributed by atoms with van der Waals surface area (Å²) in [4.78, 5) is 14.2. The van der Waals surface area contributed by atoms with E-state index in [0.29, 0.717) is 17.7 Å². The lowest BCUT2D eigenvalue weighted by Gasteiger charge is -2.35. The summed E-state index contributed by atoms with van der Waals surface area (Å²) in [5.41, 5.74) is 6.76. The van der Waals surface area contributed by atoms with Gasteiger partial charge >= 0.3 is 0 Å². The Morgan fingerprint density at radius 3 is 2.94 bits per heavy atom. The molecule has 1 saturated heterocycles. The average molecular weight is 250 g/mol. The number of benzene rings is 1. The fourth-order valence-corrected chi connectivity index (χ4v) is 2.46. The highest BCUT2D eigenvalue weighted by molar-refractivity contribution is 5.94. The molecule has 4 heteroatoms. The van der Waals surface area contributed by atoms with Gasteiger partial charge in [-0.1, -0.05) is 0 Å². The summed E-state index contributed by atoms with van der Waals surface area (Å²) < 4.78 is 13.2. The largest absolute Gasteiger partial charge is 0.334 e. The topological polar surface area (TPSA) is 46.3 Å². The maximum absolute atomic E-state index is 13.2. The maximum atomic E-state index is 13.2. The van der Waals surface area contributed by atoms with Gasteiger partial charge in [0.2, 0.25) is 0 Å². The molecular weight excluding hydrogens is 231 g/mol. The smallest absolute Gasteiger partial charge is 0.254 e. The summed E-state index contributed by atoms with van der Waals surface area (Å²) >= 11 is 0. The zero-order valence-corrected chi connectivity index (χ0v) is 10.7. The van der Waals surface area contributed by atoms with Crippen molar-refractivity contribution in [3.63, 3.8) is 0 Å². The molecule has 0 aliphatic carbocycles. The zero-order valence-electron chi connectivity index (χ0n) is 10.7. The van der Waals surface area contributed by atoms with Gasteiger partial charge in [-0.15, -0.1) is 0 Å². The van der Waals surface area contributed by atoms with E-state index in [0.717, 1.165) is 25.8 Å². The summed E-state index contributed by atoms with van der Waals surface area (Å²) in [6, 6.07) is 4.63. The molecule has 0 saturated carbocycles. The van der Waals surface area contributed by atoms with Crippen LogP contribution in [0, 0.1) is 12.7 Å². The molecule has 2 N–H and O–H groups in total. The lowest BCUT2D eigenvalue weighted by Crippen LogP contribution is -2.47. The first-order chi connectivity index (χ1) is 8.63. The molecule has 18 heavy (non-hydrogen) atoms. The lowest BCUT2D eigenvalue weighted by molar-refractivity contribution is 0.0623. The van der Waals surface area contributed by atoms with Crippen LogP contribution < -0.4 is 5.73 Å². The molecule has 1 aliphatic rings. The van der Waals surface area contributed by atoms with Gasteiger partial charge in [0.05, 0.1) is 0 Å². The maximum Gasteiger partial charge on any atom is 0.254 e. The first-order valence-corrected chi connectivity index (χ1v) is 6.40. The van der Waals surface area contributed by atoms with Crippen LogP contribution in [0.3, 0.4) is 0 Å². The molecule has 1 aromatic rings. The van der Waals surface area contributed by atoms with Crippen molar-refractivity contribution in [3.05, 3.63) is 35.1 Å². The summed E-state index contributed by atoms with van der Waals surface area (Å²) in [7, 11) is 0. The van der Waals surface area contributed by atoms with E-state index in [2.05, 4.69) is 0 Å². The Bertz CT molecular complexity index is 447. The highest BCUT2D eigenvalue weighted by atomic mass is 19.1. The van der Waals surface area contributed by atoms with Crippen molar-refractivity contribution in [1.29, 1.82) is 0 Å². The third-order valence-corrected chi connectivity index (χ3v) is 3.56. The van der Waals surface area contributed by atoms with E-state index in [-0.39, 0.29) is 17.8 Å². The molecule has 1 amide bonds. The molecule has 3 nitrogen and oxygen atoms in total. The second-order valence-corrected chi connectivity index (χ2v) is 4.85. The van der Waals surface area contributed by atoms with E-state index >= 15 is 0 Å². The molecule has 1 fully saturated rings. The number of hydrogen-bond donors (Lipinski definition) is 1. The summed E-state index contributed by atoms with van der Waals surface area (Å²) in [5.74, 6) is -0.311. The Balaban J connectivity index is 2.21. The standard InChI is InChI=1S/C14H19FN2O/c1-10-8-11(5-6-13(10)15)14(18)17-7-3-2-4-12(17)9-16/h5-6,8,12H,2-4,7,9,16H2,1H3. The van der Waals surface area contributed by atoms with Crippen molar-refractivity contribution < 1.29 is 9.18 Å². The normalized spacial score (nSPS) is 19.9. The first kappa shape index (κ1) is 13.0. The second kappa shape index (κ2) is 5.48. The van der Waals surface area contributed by atoms with Crippen LogP contribution in [-0.2, 0) is 0 Å². The SMILES string of the molecule is Cc1cc(C(=O)N2CCCCC2CN)ccc1F. The van der Waals surface area contributed by atoms with E-state index in [1.807, 2.05) is 4.90 Å². The molecule has 0 bridgehead atoms. The lowest BCUT2D eigenvalue weighted by atomic mass is 10.0. The van der Waals surface area contributed by atoms with Gasteiger partial charge in [0, 0.05) is 24.7 Å². The van der Waals surface area contributed by atoms with Crippen LogP contribution in [0.4, 0.5) is 4.39 Å². The van der Waals surface area contributed by atoms with Gasteiger partial charge in [-0.05, 0) is 49.9 Å². The van der Waals surface area contributed by atoms with Gasteiger partial charge in [0.25, 0.3) is 5.91 Å². The third kappa shape index (κ3) is 2.53. The van der Waals surface area contributed by atoms with Gasteiger partial charge in [0.15, 0.2) is 0 Å². The van der Waals surface area contributed by atoms with Crippen molar-refractivity contribution in [1.82, 2.24) is 4.90 Å². The zero-order chi connectivity index (χ0) is 13.1. The summed E-state index contributed by atoms with van der Waals surface area (Å²) in [5, 5.41) is 0. The number of rotatable bonds is 2. The number of nitrogens with zero attached hydrogens (tertiary/aromatic N) is 1. The molecule has 1 aliphatic heterocycles. The van der Waals surface area contributed by atoms with Crippen LogP contribution in [0.1, 0.15) is 35.2 Å². The van der Waals surface area contributed by atoms with Gasteiger partial charge in [0.1, 0.15) is 5.82 Å². The van der Waals surface area contributed by atoms with E-state index < -0.39 is 0 Å². The predicted molar refractivity (Wildman–Crippen MR) is 68.9 cm³/mol. The van der Waals surface area contributed by atoms with Crippen molar-refractivity contribution in [2.45, 2.75) is 32.2 Å². The number of likely N-dealkylation sites (tertiary alicyclic amines) is 1. The van der Waals surface area contributed by atoms with Crippen LogP contribution in [0.5, 0.6) is 0 Å². The molecule has 0 radical (unpaired) electrons. The van der Waals surface area contributed by atoms with Crippen LogP contribution in [0.2, 0.25) is 0 Å². The molecule has 0 spiro atoms. The molecule has 0 aromatic heterocycles. The van der Waals surface area contributed by atoms with Crippen LogP contribution >= 0.6 is 0 Å².